The molecule has 1 aromatic carbocycles. The Morgan fingerprint density at radius 3 is 3.00 bits per heavy atom. The maximum Gasteiger partial charge on any atom is 0.131 e. The highest BCUT2D eigenvalue weighted by Gasteiger charge is 2.24. The van der Waals surface area contributed by atoms with Gasteiger partial charge in [0.05, 0.1) is 0 Å². The molecular formula is C11H13F2NS. The van der Waals surface area contributed by atoms with Crippen LogP contribution in [-0.4, -0.2) is 12.3 Å². The standard InChI is InChI=1S/C11H13F2NS/c1-2-14-10-6-15-5-7-3-8(12)4-9(13)11(7)10/h3-4,10,14H,2,5-6H2,1H3. The predicted octanol–water partition coefficient (Wildman–Crippen LogP) is 2.86. The summed E-state index contributed by atoms with van der Waals surface area (Å²) in [6.07, 6.45) is 0. The number of hydrogen-bond donors (Lipinski definition) is 1. The van der Waals surface area contributed by atoms with Crippen molar-refractivity contribution in [2.45, 2.75) is 18.7 Å². The zero-order valence-electron chi connectivity index (χ0n) is 8.52. The van der Waals surface area contributed by atoms with Crippen molar-refractivity contribution in [2.24, 2.45) is 0 Å². The van der Waals surface area contributed by atoms with Crippen LogP contribution in [0.15, 0.2) is 12.1 Å². The van der Waals surface area contributed by atoms with Crippen molar-refractivity contribution in [3.63, 3.8) is 0 Å². The summed E-state index contributed by atoms with van der Waals surface area (Å²) in [5, 5.41) is 3.22. The van der Waals surface area contributed by atoms with Crippen LogP contribution in [0.4, 0.5) is 8.78 Å². The smallest absolute Gasteiger partial charge is 0.131 e. The molecule has 1 heterocycles. The first-order chi connectivity index (χ1) is 7.22. The topological polar surface area (TPSA) is 12.0 Å². The lowest BCUT2D eigenvalue weighted by atomic mass is 10.0. The van der Waals surface area contributed by atoms with E-state index >= 15 is 0 Å². The lowest BCUT2D eigenvalue weighted by molar-refractivity contribution is 0.524. The van der Waals surface area contributed by atoms with Gasteiger partial charge in [-0.2, -0.15) is 11.8 Å². The predicted molar refractivity (Wildman–Crippen MR) is 58.9 cm³/mol. The Balaban J connectivity index is 2.41. The average molecular weight is 229 g/mol. The molecule has 0 bridgehead atoms. The maximum atomic E-state index is 13.6. The molecule has 1 N–H and O–H groups in total. The molecule has 15 heavy (non-hydrogen) atoms. The molecule has 1 nitrogen and oxygen atoms in total. The highest BCUT2D eigenvalue weighted by Crippen LogP contribution is 2.33. The summed E-state index contributed by atoms with van der Waals surface area (Å²) in [5.41, 5.74) is 1.44. The summed E-state index contributed by atoms with van der Waals surface area (Å²) in [5.74, 6) is 0.648. The van der Waals surface area contributed by atoms with Crippen LogP contribution in [0, 0.1) is 11.6 Å². The molecule has 1 aliphatic heterocycles. The van der Waals surface area contributed by atoms with Gasteiger partial charge in [-0.05, 0) is 18.2 Å². The summed E-state index contributed by atoms with van der Waals surface area (Å²) in [6, 6.07) is 2.43. The molecule has 1 aromatic rings. The third-order valence-corrected chi connectivity index (χ3v) is 3.61. The van der Waals surface area contributed by atoms with Crippen molar-refractivity contribution in [1.82, 2.24) is 5.32 Å². The van der Waals surface area contributed by atoms with E-state index in [0.29, 0.717) is 11.3 Å². The molecule has 0 amide bonds. The van der Waals surface area contributed by atoms with E-state index in [1.54, 1.807) is 11.8 Å². The van der Waals surface area contributed by atoms with E-state index in [-0.39, 0.29) is 6.04 Å². The van der Waals surface area contributed by atoms with E-state index < -0.39 is 11.6 Å². The third kappa shape index (κ3) is 2.16. The van der Waals surface area contributed by atoms with Gasteiger partial charge in [-0.3, -0.25) is 0 Å². The highest BCUT2D eigenvalue weighted by atomic mass is 32.2. The molecule has 0 fully saturated rings. The Labute approximate surface area is 92.3 Å². The second-order valence-corrected chi connectivity index (χ2v) is 4.62. The van der Waals surface area contributed by atoms with Crippen LogP contribution in [0.25, 0.3) is 0 Å². The van der Waals surface area contributed by atoms with Crippen LogP contribution >= 0.6 is 11.8 Å². The molecular weight excluding hydrogens is 216 g/mol. The molecule has 0 spiro atoms. The van der Waals surface area contributed by atoms with Crippen molar-refractivity contribution >= 4 is 11.8 Å². The number of halogens is 2. The molecule has 4 heteroatoms. The Morgan fingerprint density at radius 1 is 1.47 bits per heavy atom. The number of nitrogens with one attached hydrogen (secondary N) is 1. The number of fused-ring (bicyclic) bond motifs is 1. The van der Waals surface area contributed by atoms with Crippen LogP contribution < -0.4 is 5.32 Å². The van der Waals surface area contributed by atoms with Crippen LogP contribution in [0.3, 0.4) is 0 Å². The van der Waals surface area contributed by atoms with Gasteiger partial charge >= 0.3 is 0 Å². The summed E-state index contributed by atoms with van der Waals surface area (Å²) in [6.45, 7) is 2.78. The van der Waals surface area contributed by atoms with E-state index in [2.05, 4.69) is 5.32 Å². The van der Waals surface area contributed by atoms with Crippen LogP contribution in [-0.2, 0) is 5.75 Å². The van der Waals surface area contributed by atoms with E-state index in [0.717, 1.165) is 23.9 Å². The average Bonchev–Trinajstić information content (AvgIpc) is 2.17. The van der Waals surface area contributed by atoms with E-state index in [1.807, 2.05) is 6.92 Å². The Hall–Kier alpha value is -0.610. The van der Waals surface area contributed by atoms with E-state index in [9.17, 15) is 8.78 Å². The van der Waals surface area contributed by atoms with Gasteiger partial charge in [0, 0.05) is 29.2 Å². The van der Waals surface area contributed by atoms with Crippen LogP contribution in [0.5, 0.6) is 0 Å². The summed E-state index contributed by atoms with van der Waals surface area (Å²) < 4.78 is 26.6. The van der Waals surface area contributed by atoms with Gasteiger partial charge in [0.1, 0.15) is 11.6 Å². The van der Waals surface area contributed by atoms with E-state index in [4.69, 9.17) is 0 Å². The first-order valence-corrected chi connectivity index (χ1v) is 6.16. The summed E-state index contributed by atoms with van der Waals surface area (Å²) in [7, 11) is 0. The molecule has 0 saturated carbocycles. The van der Waals surface area contributed by atoms with Crippen molar-refractivity contribution < 1.29 is 8.78 Å². The number of hydrogen-bond acceptors (Lipinski definition) is 2. The molecule has 1 atom stereocenters. The van der Waals surface area contributed by atoms with E-state index in [1.165, 1.54) is 6.07 Å². The van der Waals surface area contributed by atoms with Crippen LogP contribution in [0.2, 0.25) is 0 Å². The molecule has 1 unspecified atom stereocenters. The number of rotatable bonds is 2. The van der Waals surface area contributed by atoms with Crippen molar-refractivity contribution in [1.29, 1.82) is 0 Å². The molecule has 0 saturated heterocycles. The maximum absolute atomic E-state index is 13.6. The second kappa shape index (κ2) is 4.49. The highest BCUT2D eigenvalue weighted by molar-refractivity contribution is 7.98. The first kappa shape index (κ1) is 10.9. The van der Waals surface area contributed by atoms with Gasteiger partial charge in [0.25, 0.3) is 0 Å². The van der Waals surface area contributed by atoms with Crippen molar-refractivity contribution in [2.75, 3.05) is 12.3 Å². The number of benzene rings is 1. The first-order valence-electron chi connectivity index (χ1n) is 5.01. The Morgan fingerprint density at radius 2 is 2.27 bits per heavy atom. The summed E-state index contributed by atoms with van der Waals surface area (Å²) in [4.78, 5) is 0. The third-order valence-electron chi connectivity index (χ3n) is 2.52. The van der Waals surface area contributed by atoms with Gasteiger partial charge in [-0.1, -0.05) is 6.92 Å². The zero-order chi connectivity index (χ0) is 10.8. The largest absolute Gasteiger partial charge is 0.309 e. The SMILES string of the molecule is CCNC1CSCc2cc(F)cc(F)c21. The fraction of sp³-hybridized carbons (Fsp3) is 0.455. The Bertz CT molecular complexity index is 368. The van der Waals surface area contributed by atoms with Crippen molar-refractivity contribution in [3.05, 3.63) is 34.9 Å². The van der Waals surface area contributed by atoms with Crippen molar-refractivity contribution in [3.8, 4) is 0 Å². The lowest BCUT2D eigenvalue weighted by Crippen LogP contribution is -2.27. The zero-order valence-corrected chi connectivity index (χ0v) is 9.33. The van der Waals surface area contributed by atoms with Gasteiger partial charge in [0.15, 0.2) is 0 Å². The number of thioether (sulfide) groups is 1. The molecule has 0 radical (unpaired) electrons. The molecule has 0 aliphatic carbocycles. The minimum atomic E-state index is -0.482. The van der Waals surface area contributed by atoms with Gasteiger partial charge in [0.2, 0.25) is 0 Å². The molecule has 2 rings (SSSR count). The fourth-order valence-corrected chi connectivity index (χ4v) is 3.02. The Kier molecular flexibility index (Phi) is 3.26. The quantitative estimate of drug-likeness (QED) is 0.837. The monoisotopic (exact) mass is 229 g/mol. The lowest BCUT2D eigenvalue weighted by Gasteiger charge is -2.26. The van der Waals surface area contributed by atoms with Crippen LogP contribution in [0.1, 0.15) is 24.1 Å². The van der Waals surface area contributed by atoms with Gasteiger partial charge < -0.3 is 5.32 Å². The molecule has 0 aromatic heterocycles. The molecule has 82 valence electrons. The second-order valence-electron chi connectivity index (χ2n) is 3.59. The van der Waals surface area contributed by atoms with Gasteiger partial charge in [-0.25, -0.2) is 8.78 Å². The molecule has 1 aliphatic rings. The minimum absolute atomic E-state index is 0.0179. The fourth-order valence-electron chi connectivity index (χ4n) is 1.93. The minimum Gasteiger partial charge on any atom is -0.309 e. The normalized spacial score (nSPS) is 20.1. The summed E-state index contributed by atoms with van der Waals surface area (Å²) >= 11 is 1.71. The van der Waals surface area contributed by atoms with Gasteiger partial charge in [-0.15, -0.1) is 0 Å².